The summed E-state index contributed by atoms with van der Waals surface area (Å²) in [6.45, 7) is 4.76. The third-order valence-corrected chi connectivity index (χ3v) is 8.40. The molecule has 0 bridgehead atoms. The van der Waals surface area contributed by atoms with E-state index >= 15 is 0 Å². The molecule has 0 saturated carbocycles. The van der Waals surface area contributed by atoms with Gasteiger partial charge in [0.1, 0.15) is 6.04 Å². The normalized spacial score (nSPS) is 12.0. The van der Waals surface area contributed by atoms with Gasteiger partial charge in [0.15, 0.2) is 0 Å². The van der Waals surface area contributed by atoms with E-state index in [0.717, 1.165) is 27.6 Å². The maximum absolute atomic E-state index is 13.8. The third kappa shape index (κ3) is 9.20. The van der Waals surface area contributed by atoms with Gasteiger partial charge in [-0.3, -0.25) is 13.9 Å². The molecule has 9 heteroatoms. The first-order chi connectivity index (χ1) is 19.1. The number of likely N-dealkylation sites (N-methyl/N-ethyl adjacent to an activating group) is 1. The Morgan fingerprint density at radius 2 is 1.50 bits per heavy atom. The van der Waals surface area contributed by atoms with Crippen LogP contribution in [0.1, 0.15) is 43.4 Å². The van der Waals surface area contributed by atoms with Crippen LogP contribution >= 0.6 is 15.9 Å². The number of amides is 2. The van der Waals surface area contributed by atoms with Crippen LogP contribution in [0.25, 0.3) is 0 Å². The smallest absolute Gasteiger partial charge is 0.243 e. The van der Waals surface area contributed by atoms with Gasteiger partial charge >= 0.3 is 0 Å². The number of halogens is 1. The fourth-order valence-corrected chi connectivity index (χ4v) is 5.76. The van der Waals surface area contributed by atoms with E-state index in [4.69, 9.17) is 0 Å². The molecule has 3 rings (SSSR count). The predicted octanol–water partition coefficient (Wildman–Crippen LogP) is 5.33. The number of nitrogens with zero attached hydrogens (tertiary/aromatic N) is 2. The molecule has 0 aromatic heterocycles. The standard InChI is InChI=1S/C31H38BrN3O4S/c1-4-24-15-19-28(20-16-24)35(40(3,38)39)21-9-12-30(36)34(23-26-13-17-27(32)18-14-26)29(31(37)33-5-2)22-25-10-7-6-8-11-25/h6-8,10-11,13-20,29H,4-5,9,12,21-23H2,1-3H3,(H,33,37)/t29-/m0/s1. The molecule has 0 saturated heterocycles. The number of rotatable bonds is 14. The van der Waals surface area contributed by atoms with Gasteiger partial charge in [0.05, 0.1) is 11.9 Å². The van der Waals surface area contributed by atoms with Crippen molar-refractivity contribution < 1.29 is 18.0 Å². The summed E-state index contributed by atoms with van der Waals surface area (Å²) in [4.78, 5) is 28.7. The molecule has 3 aromatic carbocycles. The molecule has 0 aliphatic heterocycles. The largest absolute Gasteiger partial charge is 0.355 e. The van der Waals surface area contributed by atoms with Crippen molar-refractivity contribution in [2.75, 3.05) is 23.7 Å². The molecule has 0 heterocycles. The second-order valence-corrected chi connectivity index (χ2v) is 12.5. The maximum Gasteiger partial charge on any atom is 0.243 e. The second-order valence-electron chi connectivity index (χ2n) is 9.71. The molecule has 0 unspecified atom stereocenters. The summed E-state index contributed by atoms with van der Waals surface area (Å²) < 4.78 is 27.5. The molecular weight excluding hydrogens is 590 g/mol. The molecule has 3 aromatic rings. The Hall–Kier alpha value is -3.17. The van der Waals surface area contributed by atoms with Crippen molar-refractivity contribution in [3.8, 4) is 0 Å². The van der Waals surface area contributed by atoms with Crippen molar-refractivity contribution in [3.63, 3.8) is 0 Å². The SMILES string of the molecule is CCNC(=O)[C@H](Cc1ccccc1)N(Cc1ccc(Br)cc1)C(=O)CCCN(c1ccc(CC)cc1)S(C)(=O)=O. The summed E-state index contributed by atoms with van der Waals surface area (Å²) in [5.41, 5.74) is 3.53. The number of anilines is 1. The number of hydrogen-bond donors (Lipinski definition) is 1. The van der Waals surface area contributed by atoms with E-state index < -0.39 is 16.1 Å². The van der Waals surface area contributed by atoms with E-state index in [9.17, 15) is 18.0 Å². The summed E-state index contributed by atoms with van der Waals surface area (Å²) in [7, 11) is -3.55. The van der Waals surface area contributed by atoms with Crippen LogP contribution in [0, 0.1) is 0 Å². The topological polar surface area (TPSA) is 86.8 Å². The lowest BCUT2D eigenvalue weighted by Crippen LogP contribution is -2.50. The van der Waals surface area contributed by atoms with Crippen LogP contribution in [-0.2, 0) is 39.0 Å². The van der Waals surface area contributed by atoms with Gasteiger partial charge in [-0.2, -0.15) is 0 Å². The maximum atomic E-state index is 13.8. The minimum Gasteiger partial charge on any atom is -0.355 e. The predicted molar refractivity (Wildman–Crippen MR) is 165 cm³/mol. The van der Waals surface area contributed by atoms with Crippen LogP contribution < -0.4 is 9.62 Å². The third-order valence-electron chi connectivity index (χ3n) is 6.67. The molecule has 40 heavy (non-hydrogen) atoms. The van der Waals surface area contributed by atoms with Crippen LogP contribution in [0.15, 0.2) is 83.3 Å². The molecule has 0 spiro atoms. The first kappa shape index (κ1) is 31.4. The Bertz CT molecular complexity index is 1350. The Morgan fingerprint density at radius 1 is 0.875 bits per heavy atom. The van der Waals surface area contributed by atoms with Crippen LogP contribution in [0.5, 0.6) is 0 Å². The van der Waals surface area contributed by atoms with Gasteiger partial charge < -0.3 is 10.2 Å². The second kappa shape index (κ2) is 15.0. The van der Waals surface area contributed by atoms with Crippen LogP contribution in [-0.4, -0.2) is 50.5 Å². The highest BCUT2D eigenvalue weighted by Crippen LogP contribution is 2.21. The number of hydrogen-bond acceptors (Lipinski definition) is 4. The van der Waals surface area contributed by atoms with E-state index in [2.05, 4.69) is 21.2 Å². The summed E-state index contributed by atoms with van der Waals surface area (Å²) in [5.74, 6) is -0.421. The molecular formula is C31H38BrN3O4S. The Labute approximate surface area is 246 Å². The van der Waals surface area contributed by atoms with Crippen molar-refractivity contribution in [1.82, 2.24) is 10.2 Å². The first-order valence-electron chi connectivity index (χ1n) is 13.5. The molecule has 1 atom stereocenters. The van der Waals surface area contributed by atoms with Crippen LogP contribution in [0.2, 0.25) is 0 Å². The summed E-state index contributed by atoms with van der Waals surface area (Å²) in [6, 6.07) is 24.0. The monoisotopic (exact) mass is 627 g/mol. The van der Waals surface area contributed by atoms with Gasteiger partial charge in [-0.25, -0.2) is 8.42 Å². The average molecular weight is 629 g/mol. The molecule has 0 aliphatic rings. The zero-order valence-electron chi connectivity index (χ0n) is 23.3. The Morgan fingerprint density at radius 3 is 2.08 bits per heavy atom. The lowest BCUT2D eigenvalue weighted by Gasteiger charge is -2.32. The van der Waals surface area contributed by atoms with Crippen molar-refractivity contribution in [3.05, 3.63) is 100 Å². The number of sulfonamides is 1. The van der Waals surface area contributed by atoms with Gasteiger partial charge in [-0.1, -0.05) is 77.5 Å². The molecule has 0 fully saturated rings. The van der Waals surface area contributed by atoms with Gasteiger partial charge in [0.25, 0.3) is 0 Å². The molecule has 2 amide bonds. The molecule has 0 radical (unpaired) electrons. The molecule has 7 nitrogen and oxygen atoms in total. The number of carbonyl (C=O) groups excluding carboxylic acids is 2. The fourth-order valence-electron chi connectivity index (χ4n) is 4.53. The van der Waals surface area contributed by atoms with Crippen molar-refractivity contribution >= 4 is 43.5 Å². The minimum absolute atomic E-state index is 0.0975. The summed E-state index contributed by atoms with van der Waals surface area (Å²) >= 11 is 3.45. The van der Waals surface area contributed by atoms with Gasteiger partial charge in [-0.15, -0.1) is 0 Å². The van der Waals surface area contributed by atoms with Crippen LogP contribution in [0.3, 0.4) is 0 Å². The van der Waals surface area contributed by atoms with Gasteiger partial charge in [0.2, 0.25) is 21.8 Å². The van der Waals surface area contributed by atoms with E-state index in [1.807, 2.05) is 80.6 Å². The number of carbonyl (C=O) groups is 2. The lowest BCUT2D eigenvalue weighted by molar-refractivity contribution is -0.141. The first-order valence-corrected chi connectivity index (χ1v) is 16.2. The number of aryl methyl sites for hydroxylation is 1. The van der Waals surface area contributed by atoms with E-state index in [0.29, 0.717) is 25.1 Å². The minimum atomic E-state index is -3.55. The quantitative estimate of drug-likeness (QED) is 0.262. The lowest BCUT2D eigenvalue weighted by atomic mass is 10.0. The summed E-state index contributed by atoms with van der Waals surface area (Å²) in [6.07, 6.45) is 2.81. The van der Waals surface area contributed by atoms with Crippen molar-refractivity contribution in [2.24, 2.45) is 0 Å². The fraction of sp³-hybridized carbons (Fsp3) is 0.355. The highest BCUT2D eigenvalue weighted by Gasteiger charge is 2.30. The zero-order chi connectivity index (χ0) is 29.1. The van der Waals surface area contributed by atoms with Crippen molar-refractivity contribution in [1.29, 1.82) is 0 Å². The Kier molecular flexibility index (Phi) is 11.8. The van der Waals surface area contributed by atoms with Crippen LogP contribution in [0.4, 0.5) is 5.69 Å². The van der Waals surface area contributed by atoms with E-state index in [1.165, 1.54) is 10.6 Å². The van der Waals surface area contributed by atoms with Gasteiger partial charge in [0, 0.05) is 36.9 Å². The van der Waals surface area contributed by atoms with E-state index in [1.54, 1.807) is 17.0 Å². The van der Waals surface area contributed by atoms with Gasteiger partial charge in [-0.05, 0) is 60.7 Å². The highest BCUT2D eigenvalue weighted by atomic mass is 79.9. The molecule has 214 valence electrons. The summed E-state index contributed by atoms with van der Waals surface area (Å²) in [5, 5.41) is 2.89. The average Bonchev–Trinajstić information content (AvgIpc) is 2.94. The molecule has 0 aliphatic carbocycles. The number of benzene rings is 3. The van der Waals surface area contributed by atoms with E-state index in [-0.39, 0.29) is 31.3 Å². The molecule has 1 N–H and O–H groups in total. The number of nitrogens with one attached hydrogen (secondary N) is 1. The Balaban J connectivity index is 1.84. The van der Waals surface area contributed by atoms with Crippen molar-refractivity contribution in [2.45, 2.75) is 52.1 Å². The zero-order valence-corrected chi connectivity index (χ0v) is 25.7. The highest BCUT2D eigenvalue weighted by molar-refractivity contribution is 9.10.